The summed E-state index contributed by atoms with van der Waals surface area (Å²) in [5, 5.41) is 0. The predicted molar refractivity (Wildman–Crippen MR) is 107 cm³/mol. The number of hydrogen-bond donors (Lipinski definition) is 2. The molecule has 1 amide bonds. The minimum absolute atomic E-state index is 0.0149. The van der Waals surface area contributed by atoms with E-state index in [1.54, 1.807) is 11.9 Å². The monoisotopic (exact) mass is 459 g/mol. The third-order valence-corrected chi connectivity index (χ3v) is 4.73. The number of nitrogens with two attached hydrogens (primary N) is 1. The van der Waals surface area contributed by atoms with Crippen molar-refractivity contribution in [1.29, 1.82) is 0 Å². The molecule has 0 radical (unpaired) electrons. The molecule has 0 saturated carbocycles. The Kier molecular flexibility index (Phi) is 5.75. The van der Waals surface area contributed by atoms with Crippen molar-refractivity contribution in [3.05, 3.63) is 51.9 Å². The summed E-state index contributed by atoms with van der Waals surface area (Å²) in [4.78, 5) is 24.9. The topological polar surface area (TPSA) is 113 Å². The molecule has 3 N–H and O–H groups in total. The fourth-order valence-corrected chi connectivity index (χ4v) is 3.27. The van der Waals surface area contributed by atoms with Crippen LogP contribution in [0, 0.1) is 0 Å². The maximum atomic E-state index is 13.5. The van der Waals surface area contributed by atoms with Gasteiger partial charge in [-0.3, -0.25) is 9.59 Å². The normalized spacial score (nSPS) is 23.1. The second-order valence-corrected chi connectivity index (χ2v) is 7.49. The number of rotatable bonds is 7. The van der Waals surface area contributed by atoms with Crippen LogP contribution in [0.5, 0.6) is 5.75 Å². The summed E-state index contributed by atoms with van der Waals surface area (Å²) in [6.45, 7) is 1.75. The number of pyridine rings is 1. The number of primary amides is 1. The molecule has 1 aromatic heterocycles. The molecule has 1 aromatic carbocycles. The first-order valence-corrected chi connectivity index (χ1v) is 9.44. The van der Waals surface area contributed by atoms with E-state index in [1.165, 1.54) is 24.3 Å². The smallest absolute Gasteiger partial charge is 0.431 e. The number of nitrogens with one attached hydrogen (secondary N) is 1. The molecule has 2 heterocycles. The number of carbonyl (C=O) groups excluding carboxylic acids is 1. The van der Waals surface area contributed by atoms with Gasteiger partial charge in [-0.25, -0.2) is 0 Å². The number of aromatic nitrogens is 1. The Bertz CT molecular complexity index is 1120. The number of carbonyl (C=O) groups is 1. The molecule has 1 fully saturated rings. The number of halogens is 3. The van der Waals surface area contributed by atoms with Crippen LogP contribution < -0.4 is 16.0 Å². The zero-order valence-corrected chi connectivity index (χ0v) is 17.0. The quantitative estimate of drug-likeness (QED) is 0.657. The average Bonchev–Trinajstić information content (AvgIpc) is 2.75. The number of ether oxygens (including phenoxy) is 4. The maximum absolute atomic E-state index is 13.5. The lowest BCUT2D eigenvalue weighted by Gasteiger charge is -2.37. The van der Waals surface area contributed by atoms with Crippen molar-refractivity contribution < 1.29 is 41.0 Å². The summed E-state index contributed by atoms with van der Waals surface area (Å²) in [6, 6.07) is 6.27. The highest BCUT2D eigenvalue weighted by Gasteiger charge is 2.36. The van der Waals surface area contributed by atoms with Gasteiger partial charge in [0.2, 0.25) is 0 Å². The zero-order valence-electron chi connectivity index (χ0n) is 20.0. The van der Waals surface area contributed by atoms with E-state index in [4.69, 9.17) is 28.8 Å². The van der Waals surface area contributed by atoms with Crippen LogP contribution in [-0.4, -0.2) is 56.1 Å². The second-order valence-electron chi connectivity index (χ2n) is 7.49. The van der Waals surface area contributed by atoms with Crippen molar-refractivity contribution in [2.45, 2.75) is 24.8 Å². The summed E-state index contributed by atoms with van der Waals surface area (Å²) in [7, 11) is -2.58. The molecule has 1 aliphatic heterocycles. The number of aromatic amines is 1. The Morgan fingerprint density at radius 1 is 1.38 bits per heavy atom. The number of methoxy groups -OCH3 is 1. The maximum Gasteiger partial charge on any atom is 0.431 e. The van der Waals surface area contributed by atoms with Gasteiger partial charge in [0, 0.05) is 12.6 Å². The van der Waals surface area contributed by atoms with Crippen LogP contribution in [-0.2, 0) is 20.4 Å². The van der Waals surface area contributed by atoms with Crippen molar-refractivity contribution in [1.82, 2.24) is 4.98 Å². The number of H-pyrrole nitrogens is 1. The number of hydrogen-bond acceptors (Lipinski definition) is 6. The summed E-state index contributed by atoms with van der Waals surface area (Å²) in [5.74, 6) is -0.858. The van der Waals surface area contributed by atoms with Crippen LogP contribution in [0.4, 0.5) is 13.2 Å². The Hall–Kier alpha value is -2.89. The van der Waals surface area contributed by atoms with Crippen molar-refractivity contribution in [3.63, 3.8) is 0 Å². The molecule has 0 spiro atoms. The molecular weight excluding hydrogens is 433 g/mol. The Morgan fingerprint density at radius 3 is 2.72 bits per heavy atom. The molecule has 0 bridgehead atoms. The second kappa shape index (κ2) is 9.31. The minimum atomic E-state index is -4.88. The first kappa shape index (κ1) is 19.8. The Labute approximate surface area is 185 Å². The van der Waals surface area contributed by atoms with Gasteiger partial charge in [-0.05, 0) is 30.7 Å². The van der Waals surface area contributed by atoms with E-state index in [0.717, 1.165) is 6.07 Å². The molecule has 2 atom stereocenters. The molecule has 174 valence electrons. The lowest BCUT2D eigenvalue weighted by molar-refractivity contribution is -0.213. The highest BCUT2D eigenvalue weighted by Crippen LogP contribution is 2.35. The molecule has 8 nitrogen and oxygen atoms in total. The van der Waals surface area contributed by atoms with Gasteiger partial charge < -0.3 is 29.7 Å². The highest BCUT2D eigenvalue weighted by molar-refractivity contribution is 5.94. The first-order chi connectivity index (χ1) is 16.2. The fraction of sp³-hybridized carbons (Fsp3) is 0.429. The number of amides is 1. The van der Waals surface area contributed by atoms with Gasteiger partial charge in [0.15, 0.2) is 0 Å². The van der Waals surface area contributed by atoms with E-state index < -0.39 is 53.2 Å². The summed E-state index contributed by atoms with van der Waals surface area (Å²) < 4.78 is 83.6. The van der Waals surface area contributed by atoms with Crippen LogP contribution in [0.2, 0.25) is 0 Å². The number of benzene rings is 1. The van der Waals surface area contributed by atoms with Gasteiger partial charge in [-0.2, -0.15) is 13.2 Å². The van der Waals surface area contributed by atoms with Crippen molar-refractivity contribution >= 4 is 5.91 Å². The van der Waals surface area contributed by atoms with Gasteiger partial charge in [-0.1, -0.05) is 12.1 Å². The molecule has 1 aliphatic rings. The molecule has 1 saturated heterocycles. The van der Waals surface area contributed by atoms with E-state index in [-0.39, 0.29) is 32.0 Å². The fourth-order valence-electron chi connectivity index (χ4n) is 3.27. The highest BCUT2D eigenvalue weighted by atomic mass is 19.4. The van der Waals surface area contributed by atoms with Crippen molar-refractivity contribution in [2.24, 2.45) is 5.73 Å². The molecule has 2 aromatic rings. The van der Waals surface area contributed by atoms with Gasteiger partial charge in [0.25, 0.3) is 11.5 Å². The molecule has 3 rings (SSSR count). The third kappa shape index (κ3) is 5.47. The Balaban J connectivity index is 1.72. The van der Waals surface area contributed by atoms with E-state index in [9.17, 15) is 22.8 Å². The van der Waals surface area contributed by atoms with E-state index >= 15 is 0 Å². The van der Waals surface area contributed by atoms with Crippen LogP contribution in [0.1, 0.15) is 27.1 Å². The SMILES string of the molecule is [2H]C([2H])([2H])OC[C@@]1(C)COC[C@@H](COc2ccc(-c3cc(C(N)=O)c(=O)[nH]c3C(F)(F)F)cc2)O1. The lowest BCUT2D eigenvalue weighted by Crippen LogP contribution is -2.50. The van der Waals surface area contributed by atoms with Gasteiger partial charge in [0.1, 0.15) is 35.3 Å². The van der Waals surface area contributed by atoms with Crippen molar-refractivity contribution in [2.75, 3.05) is 33.5 Å². The lowest BCUT2D eigenvalue weighted by atomic mass is 10.0. The molecule has 32 heavy (non-hydrogen) atoms. The third-order valence-electron chi connectivity index (χ3n) is 4.73. The molecular formula is C21H23F3N2O6. The van der Waals surface area contributed by atoms with Gasteiger partial charge in [0.05, 0.1) is 23.9 Å². The first-order valence-electron chi connectivity index (χ1n) is 10.9. The largest absolute Gasteiger partial charge is 0.491 e. The van der Waals surface area contributed by atoms with Gasteiger partial charge in [-0.15, -0.1) is 0 Å². The number of alkyl halides is 3. The van der Waals surface area contributed by atoms with Crippen LogP contribution in [0.25, 0.3) is 11.1 Å². The molecule has 0 aliphatic carbocycles. The molecule has 0 unspecified atom stereocenters. The predicted octanol–water partition coefficient (Wildman–Crippen LogP) is 2.36. The standard InChI is InChI=1S/C21H23F3N2O6/c1-20(10-29-2)11-30-8-14(32-20)9-31-13-5-3-12(4-6-13)15-7-16(18(25)27)19(28)26-17(15)21(22,23)24/h3-7,14H,8-11H2,1-2H3,(H2,25,27)(H,26,28)/t14-,20-/m0/s1/i2D3. The summed E-state index contributed by atoms with van der Waals surface area (Å²) in [6.07, 6.45) is -5.43. The van der Waals surface area contributed by atoms with Crippen LogP contribution >= 0.6 is 0 Å². The Morgan fingerprint density at radius 2 is 2.09 bits per heavy atom. The van der Waals surface area contributed by atoms with Crippen LogP contribution in [0.15, 0.2) is 35.1 Å². The van der Waals surface area contributed by atoms with Crippen molar-refractivity contribution in [3.8, 4) is 16.9 Å². The minimum Gasteiger partial charge on any atom is -0.491 e. The van der Waals surface area contributed by atoms with E-state index in [0.29, 0.717) is 5.75 Å². The average molecular weight is 459 g/mol. The summed E-state index contributed by atoms with van der Waals surface area (Å²) in [5.41, 5.74) is 0.585. The summed E-state index contributed by atoms with van der Waals surface area (Å²) >= 11 is 0. The van der Waals surface area contributed by atoms with E-state index in [2.05, 4.69) is 0 Å². The van der Waals surface area contributed by atoms with Gasteiger partial charge >= 0.3 is 6.18 Å². The van der Waals surface area contributed by atoms with E-state index in [1.807, 2.05) is 0 Å². The zero-order chi connectivity index (χ0) is 26.0. The van der Waals surface area contributed by atoms with Crippen LogP contribution in [0.3, 0.4) is 0 Å². The molecule has 11 heteroatoms.